The lowest BCUT2D eigenvalue weighted by atomic mass is 10.0. The van der Waals surface area contributed by atoms with Gasteiger partial charge in [-0.15, -0.1) is 0 Å². The van der Waals surface area contributed by atoms with Gasteiger partial charge in [0.2, 0.25) is 17.7 Å². The van der Waals surface area contributed by atoms with Gasteiger partial charge in [0.1, 0.15) is 18.1 Å². The van der Waals surface area contributed by atoms with Crippen LogP contribution in [0.25, 0.3) is 0 Å². The molecule has 1 aliphatic heterocycles. The van der Waals surface area contributed by atoms with Crippen molar-refractivity contribution in [3.8, 4) is 0 Å². The molecule has 0 aromatic heterocycles. The second-order valence-corrected chi connectivity index (χ2v) is 9.56. The van der Waals surface area contributed by atoms with E-state index in [1.807, 2.05) is 30.3 Å². The van der Waals surface area contributed by atoms with Crippen LogP contribution in [0, 0.1) is 5.92 Å². The predicted molar refractivity (Wildman–Crippen MR) is 139 cm³/mol. The quantitative estimate of drug-likeness (QED) is 0.112. The number of amides is 3. The lowest BCUT2D eigenvalue weighted by molar-refractivity contribution is -0.150. The van der Waals surface area contributed by atoms with E-state index in [1.165, 1.54) is 4.90 Å². The smallest absolute Gasteiger partial charge is 0.326 e. The van der Waals surface area contributed by atoms with Crippen LogP contribution in [0.3, 0.4) is 0 Å². The van der Waals surface area contributed by atoms with Crippen molar-refractivity contribution in [2.24, 2.45) is 28.1 Å². The van der Waals surface area contributed by atoms with Crippen LogP contribution in [-0.4, -0.2) is 76.9 Å². The van der Waals surface area contributed by atoms with Crippen LogP contribution in [-0.2, 0) is 25.6 Å². The molecule has 4 unspecified atom stereocenters. The molecule has 0 bridgehead atoms. The summed E-state index contributed by atoms with van der Waals surface area (Å²) in [6.45, 7) is 4.08. The number of benzene rings is 1. The van der Waals surface area contributed by atoms with Gasteiger partial charge in [-0.05, 0) is 43.6 Å². The normalized spacial score (nSPS) is 17.5. The first-order valence-corrected chi connectivity index (χ1v) is 12.5. The summed E-state index contributed by atoms with van der Waals surface area (Å²) in [7, 11) is 0. The fourth-order valence-electron chi connectivity index (χ4n) is 4.25. The number of nitrogens with one attached hydrogen (secondary N) is 2. The Hall–Kier alpha value is -3.67. The van der Waals surface area contributed by atoms with Crippen molar-refractivity contribution < 1.29 is 24.3 Å². The molecule has 1 aromatic carbocycles. The number of nitrogens with zero attached hydrogens (tertiary/aromatic N) is 2. The third-order valence-corrected chi connectivity index (χ3v) is 6.26. The average Bonchev–Trinajstić information content (AvgIpc) is 3.34. The number of rotatable bonds is 13. The maximum atomic E-state index is 13.3. The van der Waals surface area contributed by atoms with Gasteiger partial charge < -0.3 is 37.8 Å². The monoisotopic (exact) mass is 517 g/mol. The first kappa shape index (κ1) is 29.6. The molecule has 37 heavy (non-hydrogen) atoms. The van der Waals surface area contributed by atoms with Gasteiger partial charge in [0, 0.05) is 13.1 Å². The van der Waals surface area contributed by atoms with Gasteiger partial charge in [0.25, 0.3) is 0 Å². The van der Waals surface area contributed by atoms with E-state index in [0.29, 0.717) is 25.8 Å². The summed E-state index contributed by atoms with van der Waals surface area (Å²) in [5.41, 5.74) is 17.7. The van der Waals surface area contributed by atoms with Crippen LogP contribution in [0.15, 0.2) is 35.3 Å². The number of likely N-dealkylation sites (tertiary alicyclic amines) is 1. The Balaban J connectivity index is 2.13. The molecule has 1 aromatic rings. The maximum absolute atomic E-state index is 13.3. The number of hydrogen-bond acceptors (Lipinski definition) is 6. The Morgan fingerprint density at radius 2 is 1.78 bits per heavy atom. The number of carboxylic acids is 1. The summed E-state index contributed by atoms with van der Waals surface area (Å²) < 4.78 is 0. The molecular formula is C25H39N7O5. The van der Waals surface area contributed by atoms with Crippen LogP contribution in [0.5, 0.6) is 0 Å². The molecule has 0 saturated carbocycles. The summed E-state index contributed by atoms with van der Waals surface area (Å²) in [4.78, 5) is 56.2. The standard InChI is InChI=1S/C25H39N7O5/c1-15(2)20(23(35)32-13-7-11-19(32)24(36)37)31-22(34)18(10-6-12-29-25(27)28)30-21(33)17(26)14-16-8-4-3-5-9-16/h3-5,8-9,15,17-20H,6-7,10-14,26H2,1-2H3,(H,30,33)(H,31,34)(H,36,37)(H4,27,28,29). The number of carbonyl (C=O) groups excluding carboxylic acids is 3. The molecule has 0 aliphatic carbocycles. The summed E-state index contributed by atoms with van der Waals surface area (Å²) in [6.07, 6.45) is 1.81. The number of aliphatic imine (C=N–C) groups is 1. The number of carboxylic acid groups (broad SMARTS) is 1. The predicted octanol–water partition coefficient (Wildman–Crippen LogP) is -0.689. The number of aliphatic carboxylic acids is 1. The Morgan fingerprint density at radius 1 is 1.11 bits per heavy atom. The first-order valence-electron chi connectivity index (χ1n) is 12.5. The van der Waals surface area contributed by atoms with Crippen molar-refractivity contribution in [1.29, 1.82) is 0 Å². The van der Waals surface area contributed by atoms with E-state index in [9.17, 15) is 24.3 Å². The van der Waals surface area contributed by atoms with Crippen molar-refractivity contribution in [3.63, 3.8) is 0 Å². The van der Waals surface area contributed by atoms with E-state index in [-0.39, 0.29) is 31.3 Å². The van der Waals surface area contributed by atoms with Crippen LogP contribution in [0.2, 0.25) is 0 Å². The molecule has 1 saturated heterocycles. The Kier molecular flexibility index (Phi) is 11.3. The minimum Gasteiger partial charge on any atom is -0.480 e. The molecule has 0 radical (unpaired) electrons. The van der Waals surface area contributed by atoms with Gasteiger partial charge >= 0.3 is 5.97 Å². The zero-order valence-corrected chi connectivity index (χ0v) is 21.4. The molecule has 12 heteroatoms. The highest BCUT2D eigenvalue weighted by Crippen LogP contribution is 2.20. The first-order chi connectivity index (χ1) is 17.5. The molecule has 9 N–H and O–H groups in total. The summed E-state index contributed by atoms with van der Waals surface area (Å²) in [5.74, 6) is -3.01. The lowest BCUT2D eigenvalue weighted by Gasteiger charge is -2.30. The minimum atomic E-state index is -1.07. The number of hydrogen-bond donors (Lipinski definition) is 6. The van der Waals surface area contributed by atoms with E-state index in [2.05, 4.69) is 15.6 Å². The van der Waals surface area contributed by atoms with Crippen molar-refractivity contribution >= 4 is 29.7 Å². The van der Waals surface area contributed by atoms with E-state index in [0.717, 1.165) is 5.56 Å². The minimum absolute atomic E-state index is 0.0843. The summed E-state index contributed by atoms with van der Waals surface area (Å²) >= 11 is 0. The summed E-state index contributed by atoms with van der Waals surface area (Å²) in [6, 6.07) is 5.50. The fourth-order valence-corrected chi connectivity index (χ4v) is 4.25. The highest BCUT2D eigenvalue weighted by atomic mass is 16.4. The third kappa shape index (κ3) is 9.05. The van der Waals surface area contributed by atoms with Crippen LogP contribution < -0.4 is 27.8 Å². The Bertz CT molecular complexity index is 965. The number of guanidine groups is 1. The van der Waals surface area contributed by atoms with Gasteiger partial charge in [0.05, 0.1) is 6.04 Å². The highest BCUT2D eigenvalue weighted by Gasteiger charge is 2.39. The zero-order chi connectivity index (χ0) is 27.5. The largest absolute Gasteiger partial charge is 0.480 e. The van der Waals surface area contributed by atoms with Crippen LogP contribution in [0.4, 0.5) is 0 Å². The third-order valence-electron chi connectivity index (χ3n) is 6.26. The molecule has 3 amide bonds. The van der Waals surface area contributed by atoms with Gasteiger partial charge in [-0.2, -0.15) is 0 Å². The molecule has 2 rings (SSSR count). The van der Waals surface area contributed by atoms with Crippen molar-refractivity contribution in [3.05, 3.63) is 35.9 Å². The van der Waals surface area contributed by atoms with E-state index in [4.69, 9.17) is 17.2 Å². The van der Waals surface area contributed by atoms with Gasteiger partial charge in [-0.25, -0.2) is 4.79 Å². The van der Waals surface area contributed by atoms with Gasteiger partial charge in [-0.3, -0.25) is 19.4 Å². The van der Waals surface area contributed by atoms with Crippen molar-refractivity contribution in [1.82, 2.24) is 15.5 Å². The average molecular weight is 518 g/mol. The second-order valence-electron chi connectivity index (χ2n) is 9.56. The van der Waals surface area contributed by atoms with Crippen molar-refractivity contribution in [2.45, 2.75) is 70.1 Å². The molecular weight excluding hydrogens is 478 g/mol. The number of carbonyl (C=O) groups is 4. The molecule has 1 fully saturated rings. The van der Waals surface area contributed by atoms with E-state index < -0.39 is 47.9 Å². The molecule has 204 valence electrons. The molecule has 1 heterocycles. The van der Waals surface area contributed by atoms with E-state index >= 15 is 0 Å². The van der Waals surface area contributed by atoms with Crippen molar-refractivity contribution in [2.75, 3.05) is 13.1 Å². The van der Waals surface area contributed by atoms with Crippen LogP contribution in [0.1, 0.15) is 45.1 Å². The highest BCUT2D eigenvalue weighted by molar-refractivity contribution is 5.94. The zero-order valence-electron chi connectivity index (χ0n) is 21.4. The second kappa shape index (κ2) is 14.2. The molecule has 4 atom stereocenters. The maximum Gasteiger partial charge on any atom is 0.326 e. The molecule has 12 nitrogen and oxygen atoms in total. The van der Waals surface area contributed by atoms with Gasteiger partial charge in [-0.1, -0.05) is 44.2 Å². The Labute approximate surface area is 217 Å². The van der Waals surface area contributed by atoms with E-state index in [1.54, 1.807) is 13.8 Å². The fraction of sp³-hybridized carbons (Fsp3) is 0.560. The topological polar surface area (TPSA) is 206 Å². The lowest BCUT2D eigenvalue weighted by Crippen LogP contribution is -2.58. The van der Waals surface area contributed by atoms with Crippen LogP contribution >= 0.6 is 0 Å². The molecule has 0 spiro atoms. The summed E-state index contributed by atoms with van der Waals surface area (Å²) in [5, 5.41) is 14.9. The Morgan fingerprint density at radius 3 is 2.38 bits per heavy atom. The molecule has 1 aliphatic rings. The SMILES string of the molecule is CC(C)C(NC(=O)C(CCCN=C(N)N)NC(=O)C(N)Cc1ccccc1)C(=O)N1CCCC1C(=O)O. The van der Waals surface area contributed by atoms with Gasteiger partial charge in [0.15, 0.2) is 5.96 Å². The number of nitrogens with two attached hydrogens (primary N) is 3.